The molecule has 3 aromatic rings. The van der Waals surface area contributed by atoms with E-state index in [0.29, 0.717) is 34.9 Å². The monoisotopic (exact) mass is 390 g/mol. The molecule has 0 heterocycles. The van der Waals surface area contributed by atoms with Gasteiger partial charge in [-0.3, -0.25) is 9.59 Å². The van der Waals surface area contributed by atoms with E-state index in [-0.39, 0.29) is 11.8 Å². The number of hydrogen-bond acceptors (Lipinski definition) is 4. The second-order valence-corrected chi connectivity index (χ2v) is 6.17. The van der Waals surface area contributed by atoms with Crippen molar-refractivity contribution in [3.63, 3.8) is 0 Å². The summed E-state index contributed by atoms with van der Waals surface area (Å²) in [4.78, 5) is 24.7. The molecule has 148 valence electrons. The Kier molecular flexibility index (Phi) is 6.47. The highest BCUT2D eigenvalue weighted by Gasteiger charge is 2.09. The van der Waals surface area contributed by atoms with Crippen LogP contribution >= 0.6 is 0 Å². The molecule has 6 heteroatoms. The molecule has 0 unspecified atom stereocenters. The molecule has 6 nitrogen and oxygen atoms in total. The van der Waals surface area contributed by atoms with Gasteiger partial charge in [-0.2, -0.15) is 0 Å². The summed E-state index contributed by atoms with van der Waals surface area (Å²) in [7, 11) is 1.57. The van der Waals surface area contributed by atoms with Crippen molar-refractivity contribution in [2.24, 2.45) is 0 Å². The Morgan fingerprint density at radius 2 is 1.10 bits per heavy atom. The second kappa shape index (κ2) is 9.41. The van der Waals surface area contributed by atoms with Crippen LogP contribution in [0.25, 0.3) is 0 Å². The van der Waals surface area contributed by atoms with E-state index in [9.17, 15) is 9.59 Å². The van der Waals surface area contributed by atoms with Crippen LogP contribution < -0.4 is 20.1 Å². The number of amides is 2. The summed E-state index contributed by atoms with van der Waals surface area (Å²) in [5, 5.41) is 5.64. The first kappa shape index (κ1) is 19.9. The van der Waals surface area contributed by atoms with Gasteiger partial charge < -0.3 is 20.1 Å². The number of rotatable bonds is 7. The zero-order chi connectivity index (χ0) is 20.6. The van der Waals surface area contributed by atoms with Crippen molar-refractivity contribution in [2.45, 2.75) is 6.92 Å². The van der Waals surface area contributed by atoms with Gasteiger partial charge in [-0.05, 0) is 79.7 Å². The SMILES string of the molecule is CCOc1ccc(NC(=O)c2ccc(NC(=O)c3ccc(OC)cc3)cc2)cc1. The van der Waals surface area contributed by atoms with Crippen LogP contribution in [0, 0.1) is 0 Å². The minimum Gasteiger partial charge on any atom is -0.497 e. The Labute approximate surface area is 169 Å². The Hall–Kier alpha value is -3.80. The van der Waals surface area contributed by atoms with E-state index in [2.05, 4.69) is 10.6 Å². The molecule has 0 saturated carbocycles. The molecule has 0 spiro atoms. The average Bonchev–Trinajstić information content (AvgIpc) is 2.76. The topological polar surface area (TPSA) is 76.7 Å². The lowest BCUT2D eigenvalue weighted by molar-refractivity contribution is 0.102. The Morgan fingerprint density at radius 3 is 1.55 bits per heavy atom. The molecule has 0 aromatic heterocycles. The molecule has 0 atom stereocenters. The van der Waals surface area contributed by atoms with Gasteiger partial charge in [0.15, 0.2) is 0 Å². The van der Waals surface area contributed by atoms with Crippen LogP contribution in [-0.2, 0) is 0 Å². The molecule has 3 rings (SSSR count). The van der Waals surface area contributed by atoms with Gasteiger partial charge in [0, 0.05) is 22.5 Å². The number of carbonyl (C=O) groups is 2. The molecule has 0 saturated heterocycles. The fraction of sp³-hybridized carbons (Fsp3) is 0.130. The van der Waals surface area contributed by atoms with Crippen LogP contribution in [0.2, 0.25) is 0 Å². The minimum absolute atomic E-state index is 0.234. The van der Waals surface area contributed by atoms with E-state index in [1.165, 1.54) is 0 Å². The molecule has 0 radical (unpaired) electrons. The lowest BCUT2D eigenvalue weighted by Gasteiger charge is -2.09. The van der Waals surface area contributed by atoms with Gasteiger partial charge in [0.25, 0.3) is 11.8 Å². The highest BCUT2D eigenvalue weighted by Crippen LogP contribution is 2.18. The summed E-state index contributed by atoms with van der Waals surface area (Å²) in [6.45, 7) is 2.51. The van der Waals surface area contributed by atoms with E-state index in [1.807, 2.05) is 6.92 Å². The summed E-state index contributed by atoms with van der Waals surface area (Å²) >= 11 is 0. The standard InChI is InChI=1S/C23H22N2O4/c1-3-29-21-14-10-19(11-15-21)25-22(26)16-4-8-18(9-5-16)24-23(27)17-6-12-20(28-2)13-7-17/h4-15H,3H2,1-2H3,(H,24,27)(H,25,26). The van der Waals surface area contributed by atoms with Gasteiger partial charge in [-0.1, -0.05) is 0 Å². The van der Waals surface area contributed by atoms with E-state index >= 15 is 0 Å². The molecule has 3 aromatic carbocycles. The second-order valence-electron chi connectivity index (χ2n) is 6.17. The molecule has 0 aliphatic rings. The van der Waals surface area contributed by atoms with Crippen LogP contribution in [-0.4, -0.2) is 25.5 Å². The van der Waals surface area contributed by atoms with Crippen LogP contribution in [0.4, 0.5) is 11.4 Å². The largest absolute Gasteiger partial charge is 0.497 e. The van der Waals surface area contributed by atoms with Crippen molar-refractivity contribution >= 4 is 23.2 Å². The highest BCUT2D eigenvalue weighted by molar-refractivity contribution is 6.06. The third-order valence-electron chi connectivity index (χ3n) is 4.18. The average molecular weight is 390 g/mol. The molecule has 2 amide bonds. The summed E-state index contributed by atoms with van der Waals surface area (Å²) in [6.07, 6.45) is 0. The molecular weight excluding hydrogens is 368 g/mol. The zero-order valence-corrected chi connectivity index (χ0v) is 16.3. The number of benzene rings is 3. The Balaban J connectivity index is 1.59. The number of carbonyl (C=O) groups excluding carboxylic acids is 2. The van der Waals surface area contributed by atoms with Gasteiger partial charge in [-0.15, -0.1) is 0 Å². The smallest absolute Gasteiger partial charge is 0.255 e. The van der Waals surface area contributed by atoms with Gasteiger partial charge in [0.2, 0.25) is 0 Å². The van der Waals surface area contributed by atoms with E-state index in [1.54, 1.807) is 79.9 Å². The predicted octanol–water partition coefficient (Wildman–Crippen LogP) is 4.60. The minimum atomic E-state index is -0.237. The number of anilines is 2. The summed E-state index contributed by atoms with van der Waals surface area (Å²) in [6, 6.07) is 20.7. The van der Waals surface area contributed by atoms with Gasteiger partial charge >= 0.3 is 0 Å². The fourth-order valence-corrected chi connectivity index (χ4v) is 2.66. The predicted molar refractivity (Wildman–Crippen MR) is 113 cm³/mol. The summed E-state index contributed by atoms with van der Waals surface area (Å²) in [5.74, 6) is 0.966. The maximum atomic E-state index is 12.4. The highest BCUT2D eigenvalue weighted by atomic mass is 16.5. The third-order valence-corrected chi connectivity index (χ3v) is 4.18. The van der Waals surface area contributed by atoms with Gasteiger partial charge in [0.05, 0.1) is 13.7 Å². The maximum absolute atomic E-state index is 12.4. The van der Waals surface area contributed by atoms with Gasteiger partial charge in [0.1, 0.15) is 11.5 Å². The van der Waals surface area contributed by atoms with E-state index < -0.39 is 0 Å². The van der Waals surface area contributed by atoms with Crippen molar-refractivity contribution < 1.29 is 19.1 Å². The van der Waals surface area contributed by atoms with E-state index in [0.717, 1.165) is 5.75 Å². The van der Waals surface area contributed by atoms with Crippen molar-refractivity contribution in [3.8, 4) is 11.5 Å². The molecule has 0 bridgehead atoms. The van der Waals surface area contributed by atoms with E-state index in [4.69, 9.17) is 9.47 Å². The Bertz CT molecular complexity index is 965. The first-order valence-corrected chi connectivity index (χ1v) is 9.18. The van der Waals surface area contributed by atoms with Crippen molar-refractivity contribution in [1.29, 1.82) is 0 Å². The first-order valence-electron chi connectivity index (χ1n) is 9.18. The third kappa shape index (κ3) is 5.35. The van der Waals surface area contributed by atoms with Crippen molar-refractivity contribution in [3.05, 3.63) is 83.9 Å². The zero-order valence-electron chi connectivity index (χ0n) is 16.3. The molecule has 0 aliphatic heterocycles. The maximum Gasteiger partial charge on any atom is 0.255 e. The van der Waals surface area contributed by atoms with Gasteiger partial charge in [-0.25, -0.2) is 0 Å². The first-order chi connectivity index (χ1) is 14.1. The van der Waals surface area contributed by atoms with Crippen LogP contribution in [0.5, 0.6) is 11.5 Å². The molecule has 2 N–H and O–H groups in total. The normalized spacial score (nSPS) is 10.1. The lowest BCUT2D eigenvalue weighted by Crippen LogP contribution is -2.13. The van der Waals surface area contributed by atoms with Crippen molar-refractivity contribution in [2.75, 3.05) is 24.4 Å². The summed E-state index contributed by atoms with van der Waals surface area (Å²) in [5.41, 5.74) is 2.28. The number of methoxy groups -OCH3 is 1. The van der Waals surface area contributed by atoms with Crippen LogP contribution in [0.3, 0.4) is 0 Å². The molecular formula is C23H22N2O4. The van der Waals surface area contributed by atoms with Crippen LogP contribution in [0.1, 0.15) is 27.6 Å². The van der Waals surface area contributed by atoms with Crippen LogP contribution in [0.15, 0.2) is 72.8 Å². The molecule has 0 aliphatic carbocycles. The quantitative estimate of drug-likeness (QED) is 0.618. The molecule has 29 heavy (non-hydrogen) atoms. The lowest BCUT2D eigenvalue weighted by atomic mass is 10.1. The summed E-state index contributed by atoms with van der Waals surface area (Å²) < 4.78 is 10.5. The number of nitrogens with one attached hydrogen (secondary N) is 2. The number of ether oxygens (including phenoxy) is 2. The number of hydrogen-bond donors (Lipinski definition) is 2. The fourth-order valence-electron chi connectivity index (χ4n) is 2.66. The van der Waals surface area contributed by atoms with Crippen molar-refractivity contribution in [1.82, 2.24) is 0 Å². The molecule has 0 fully saturated rings. The Morgan fingerprint density at radius 1 is 0.690 bits per heavy atom.